The Bertz CT molecular complexity index is 871. The van der Waals surface area contributed by atoms with Crippen LogP contribution in [-0.2, 0) is 11.3 Å². The van der Waals surface area contributed by atoms with E-state index in [2.05, 4.69) is 10.6 Å². The van der Waals surface area contributed by atoms with Crippen LogP contribution < -0.4 is 16.4 Å². The summed E-state index contributed by atoms with van der Waals surface area (Å²) >= 11 is 0. The Kier molecular flexibility index (Phi) is 6.55. The molecule has 5 nitrogen and oxygen atoms in total. The second kappa shape index (κ2) is 8.93. The topological polar surface area (TPSA) is 84.2 Å². The van der Waals surface area contributed by atoms with Crippen molar-refractivity contribution < 1.29 is 14.0 Å². The number of carbonyl (C=O) groups is 2. The fraction of sp³-hybridized carbons (Fsp3) is 0.364. The standard InChI is InChI=1S/C22H24FN3O2.ClH/c23-17-7-1-13(2-8-17)12-25-21(27)14-5-9-18(10-6-14)26-22(28)19-15-3-4-16(11-15)20(19)24;/h1-2,5-10,15-16,19-20H,3-4,11-12,24H2,(H,25,27)(H,26,28);1H. The zero-order chi connectivity index (χ0) is 19.7. The Hall–Kier alpha value is -2.44. The van der Waals surface area contributed by atoms with Gasteiger partial charge in [-0.2, -0.15) is 0 Å². The highest BCUT2D eigenvalue weighted by Gasteiger charge is 2.49. The third kappa shape index (κ3) is 4.60. The lowest BCUT2D eigenvalue weighted by Gasteiger charge is -2.27. The molecule has 4 atom stereocenters. The number of hydrogen-bond acceptors (Lipinski definition) is 3. The minimum atomic E-state index is -0.306. The van der Waals surface area contributed by atoms with Gasteiger partial charge >= 0.3 is 0 Å². The number of hydrogen-bond donors (Lipinski definition) is 3. The van der Waals surface area contributed by atoms with Crippen molar-refractivity contribution in [2.45, 2.75) is 31.8 Å². The first kappa shape index (κ1) is 21.3. The summed E-state index contributed by atoms with van der Waals surface area (Å²) in [4.78, 5) is 24.9. The molecule has 2 aromatic rings. The Morgan fingerprint density at radius 1 is 1.00 bits per heavy atom. The van der Waals surface area contributed by atoms with Crippen LogP contribution in [-0.4, -0.2) is 17.9 Å². The maximum absolute atomic E-state index is 12.9. The summed E-state index contributed by atoms with van der Waals surface area (Å²) in [5.41, 5.74) is 8.22. The summed E-state index contributed by atoms with van der Waals surface area (Å²) in [6.45, 7) is 0.319. The van der Waals surface area contributed by atoms with E-state index in [0.29, 0.717) is 29.6 Å². The predicted molar refractivity (Wildman–Crippen MR) is 112 cm³/mol. The lowest BCUT2D eigenvalue weighted by atomic mass is 9.84. The third-order valence-corrected chi connectivity index (χ3v) is 6.06. The van der Waals surface area contributed by atoms with Crippen molar-refractivity contribution in [2.24, 2.45) is 23.5 Å². The minimum Gasteiger partial charge on any atom is -0.348 e. The maximum atomic E-state index is 12.9. The summed E-state index contributed by atoms with van der Waals surface area (Å²) in [5, 5.41) is 5.74. The van der Waals surface area contributed by atoms with Gasteiger partial charge < -0.3 is 16.4 Å². The molecule has 29 heavy (non-hydrogen) atoms. The minimum absolute atomic E-state index is 0. The molecular weight excluding hydrogens is 393 g/mol. The number of nitrogens with one attached hydrogen (secondary N) is 2. The quantitative estimate of drug-likeness (QED) is 0.696. The van der Waals surface area contributed by atoms with Gasteiger partial charge in [0.15, 0.2) is 0 Å². The monoisotopic (exact) mass is 417 g/mol. The summed E-state index contributed by atoms with van der Waals surface area (Å²) < 4.78 is 12.9. The zero-order valence-corrected chi connectivity index (χ0v) is 16.8. The molecule has 7 heteroatoms. The summed E-state index contributed by atoms with van der Waals surface area (Å²) in [7, 11) is 0. The summed E-state index contributed by atoms with van der Waals surface area (Å²) in [6.07, 6.45) is 3.29. The van der Waals surface area contributed by atoms with E-state index >= 15 is 0 Å². The number of amides is 2. The van der Waals surface area contributed by atoms with Crippen LogP contribution in [0, 0.1) is 23.6 Å². The first-order valence-corrected chi connectivity index (χ1v) is 9.70. The lowest BCUT2D eigenvalue weighted by molar-refractivity contribution is -0.121. The number of rotatable bonds is 5. The molecule has 154 valence electrons. The summed E-state index contributed by atoms with van der Waals surface area (Å²) in [5.74, 6) is 0.214. The van der Waals surface area contributed by atoms with Crippen molar-refractivity contribution in [3.8, 4) is 0 Å². The van der Waals surface area contributed by atoms with Crippen LogP contribution in [0.5, 0.6) is 0 Å². The van der Waals surface area contributed by atoms with E-state index < -0.39 is 0 Å². The average Bonchev–Trinajstić information content (AvgIpc) is 3.29. The molecule has 0 aromatic heterocycles. The number of carbonyl (C=O) groups excluding carboxylic acids is 2. The number of benzene rings is 2. The van der Waals surface area contributed by atoms with Crippen LogP contribution in [0.4, 0.5) is 10.1 Å². The van der Waals surface area contributed by atoms with Crippen LogP contribution in [0.3, 0.4) is 0 Å². The van der Waals surface area contributed by atoms with Gasteiger partial charge in [-0.25, -0.2) is 4.39 Å². The molecule has 2 aliphatic rings. The molecular formula is C22H25ClFN3O2. The van der Waals surface area contributed by atoms with E-state index in [0.717, 1.165) is 24.8 Å². The Morgan fingerprint density at radius 2 is 1.66 bits per heavy atom. The van der Waals surface area contributed by atoms with Gasteiger partial charge in [0.2, 0.25) is 5.91 Å². The van der Waals surface area contributed by atoms with Crippen LogP contribution >= 0.6 is 12.4 Å². The van der Waals surface area contributed by atoms with Crippen LogP contribution in [0.25, 0.3) is 0 Å². The average molecular weight is 418 g/mol. The van der Waals surface area contributed by atoms with Gasteiger partial charge in [-0.3, -0.25) is 9.59 Å². The number of fused-ring (bicyclic) bond motifs is 2. The Balaban J connectivity index is 0.00000240. The van der Waals surface area contributed by atoms with Gasteiger partial charge in [-0.15, -0.1) is 12.4 Å². The van der Waals surface area contributed by atoms with Crippen LogP contribution in [0.15, 0.2) is 48.5 Å². The van der Waals surface area contributed by atoms with Crippen molar-refractivity contribution in [3.63, 3.8) is 0 Å². The second-order valence-corrected chi connectivity index (χ2v) is 7.81. The van der Waals surface area contributed by atoms with Gasteiger partial charge in [0.05, 0.1) is 5.92 Å². The Labute approximate surface area is 175 Å². The molecule has 2 fully saturated rings. The van der Waals surface area contributed by atoms with E-state index in [1.807, 2.05) is 0 Å². The third-order valence-electron chi connectivity index (χ3n) is 6.06. The second-order valence-electron chi connectivity index (χ2n) is 7.81. The fourth-order valence-electron chi connectivity index (χ4n) is 4.54. The Morgan fingerprint density at radius 3 is 2.28 bits per heavy atom. The predicted octanol–water partition coefficient (Wildman–Crippen LogP) is 3.49. The molecule has 4 rings (SSSR count). The van der Waals surface area contributed by atoms with Crippen LogP contribution in [0.1, 0.15) is 35.2 Å². The molecule has 2 saturated carbocycles. The molecule has 0 saturated heterocycles. The van der Waals surface area contributed by atoms with E-state index in [1.54, 1.807) is 36.4 Å². The fourth-order valence-corrected chi connectivity index (χ4v) is 4.54. The van der Waals surface area contributed by atoms with E-state index in [4.69, 9.17) is 5.73 Å². The number of nitrogens with two attached hydrogens (primary N) is 1. The van der Waals surface area contributed by atoms with Gasteiger partial charge in [-0.05, 0) is 73.1 Å². The summed E-state index contributed by atoms with van der Waals surface area (Å²) in [6, 6.07) is 12.8. The highest BCUT2D eigenvalue weighted by molar-refractivity contribution is 5.96. The molecule has 4 unspecified atom stereocenters. The van der Waals surface area contributed by atoms with E-state index in [-0.39, 0.29) is 42.0 Å². The van der Waals surface area contributed by atoms with Gasteiger partial charge in [0.1, 0.15) is 5.82 Å². The highest BCUT2D eigenvalue weighted by atomic mass is 35.5. The lowest BCUT2D eigenvalue weighted by Crippen LogP contribution is -2.42. The van der Waals surface area contributed by atoms with Gasteiger partial charge in [0.25, 0.3) is 5.91 Å². The smallest absolute Gasteiger partial charge is 0.251 e. The molecule has 2 aromatic carbocycles. The van der Waals surface area contributed by atoms with Crippen molar-refractivity contribution >= 4 is 29.9 Å². The van der Waals surface area contributed by atoms with Crippen molar-refractivity contribution in [3.05, 3.63) is 65.5 Å². The zero-order valence-electron chi connectivity index (χ0n) is 15.9. The van der Waals surface area contributed by atoms with Gasteiger partial charge in [0, 0.05) is 23.8 Å². The van der Waals surface area contributed by atoms with E-state index in [1.165, 1.54) is 12.1 Å². The molecule has 4 N–H and O–H groups in total. The normalized spacial score (nSPS) is 24.6. The molecule has 0 spiro atoms. The highest BCUT2D eigenvalue weighted by Crippen LogP contribution is 2.47. The molecule has 0 heterocycles. The maximum Gasteiger partial charge on any atom is 0.251 e. The van der Waals surface area contributed by atoms with Crippen molar-refractivity contribution in [2.75, 3.05) is 5.32 Å². The van der Waals surface area contributed by atoms with Gasteiger partial charge in [-0.1, -0.05) is 12.1 Å². The molecule has 0 radical (unpaired) electrons. The van der Waals surface area contributed by atoms with Crippen LogP contribution in [0.2, 0.25) is 0 Å². The first-order valence-electron chi connectivity index (χ1n) is 9.70. The molecule has 2 bridgehead atoms. The SMILES string of the molecule is Cl.NC1C2CCC(C2)C1C(=O)Nc1ccc(C(=O)NCc2ccc(F)cc2)cc1. The number of anilines is 1. The first-order chi connectivity index (χ1) is 13.5. The number of halogens is 2. The largest absolute Gasteiger partial charge is 0.348 e. The van der Waals surface area contributed by atoms with Crippen molar-refractivity contribution in [1.29, 1.82) is 0 Å². The molecule has 0 aliphatic heterocycles. The van der Waals surface area contributed by atoms with E-state index in [9.17, 15) is 14.0 Å². The molecule has 2 aliphatic carbocycles. The van der Waals surface area contributed by atoms with Crippen molar-refractivity contribution in [1.82, 2.24) is 5.32 Å². The molecule has 2 amide bonds.